The molecule has 3 atom stereocenters. The first-order valence-electron chi connectivity index (χ1n) is 13.9. The average molecular weight is 651 g/mol. The molecule has 1 aromatic rings. The van der Waals surface area contributed by atoms with Crippen LogP contribution in [0.4, 0.5) is 22.0 Å². The fourth-order valence-electron chi connectivity index (χ4n) is 4.63. The van der Waals surface area contributed by atoms with Gasteiger partial charge in [-0.3, -0.25) is 24.0 Å². The fourth-order valence-corrected chi connectivity index (χ4v) is 5.79. The summed E-state index contributed by atoms with van der Waals surface area (Å²) in [5, 5.41) is 4.63. The summed E-state index contributed by atoms with van der Waals surface area (Å²) >= 11 is 1.14. The van der Waals surface area contributed by atoms with Crippen LogP contribution in [0.2, 0.25) is 0 Å². The van der Waals surface area contributed by atoms with Crippen molar-refractivity contribution in [3.8, 4) is 0 Å². The second kappa shape index (κ2) is 14.2. The zero-order valence-electron chi connectivity index (χ0n) is 24.6. The van der Waals surface area contributed by atoms with Gasteiger partial charge in [-0.1, -0.05) is 27.7 Å². The van der Waals surface area contributed by atoms with Gasteiger partial charge in [-0.15, -0.1) is 11.8 Å². The lowest BCUT2D eigenvalue weighted by Gasteiger charge is -2.32. The van der Waals surface area contributed by atoms with E-state index in [1.165, 1.54) is 38.1 Å². The molecular formula is C28H35F5N4O6S. The number of thioether (sulfide) groups is 1. The topological polar surface area (TPSA) is 125 Å². The molecule has 0 bridgehead atoms. The largest absolute Gasteiger partial charge is 0.461 e. The maximum atomic E-state index is 13.8. The summed E-state index contributed by atoms with van der Waals surface area (Å²) in [5.74, 6) is -12.4. The number of alkyl halides is 5. The van der Waals surface area contributed by atoms with Gasteiger partial charge in [0.15, 0.2) is 0 Å². The molecule has 2 aliphatic rings. The Hall–Kier alpha value is -3.27. The smallest absolute Gasteiger partial charge is 0.378 e. The Morgan fingerprint density at radius 1 is 0.864 bits per heavy atom. The first-order chi connectivity index (χ1) is 20.5. The minimum absolute atomic E-state index is 0.0103. The Morgan fingerprint density at radius 3 is 1.93 bits per heavy atom. The van der Waals surface area contributed by atoms with Crippen molar-refractivity contribution in [2.45, 2.75) is 57.9 Å². The molecule has 1 aromatic carbocycles. The predicted octanol–water partition coefficient (Wildman–Crippen LogP) is 2.72. The van der Waals surface area contributed by atoms with Crippen LogP contribution >= 0.6 is 11.8 Å². The molecule has 16 heteroatoms. The number of hydrogen-bond donors (Lipinski definition) is 2. The van der Waals surface area contributed by atoms with Crippen molar-refractivity contribution in [3.05, 3.63) is 35.4 Å². The van der Waals surface area contributed by atoms with Crippen molar-refractivity contribution >= 4 is 41.2 Å². The maximum absolute atomic E-state index is 13.8. The average Bonchev–Trinajstić information content (AvgIpc) is 3.47. The van der Waals surface area contributed by atoms with Crippen LogP contribution in [0.1, 0.15) is 48.4 Å². The number of halogens is 5. The number of nitrogens with one attached hydrogen (secondary N) is 2. The third-order valence-corrected chi connectivity index (χ3v) is 8.30. The maximum Gasteiger partial charge on any atom is 0.461 e. The van der Waals surface area contributed by atoms with Crippen molar-refractivity contribution in [1.82, 2.24) is 20.4 Å². The minimum Gasteiger partial charge on any atom is -0.378 e. The summed E-state index contributed by atoms with van der Waals surface area (Å²) in [6, 6.07) is 1.27. The van der Waals surface area contributed by atoms with Crippen LogP contribution in [-0.2, 0) is 19.1 Å². The van der Waals surface area contributed by atoms with Crippen molar-refractivity contribution in [3.63, 3.8) is 0 Å². The number of hydrogen-bond acceptors (Lipinski definition) is 7. The summed E-state index contributed by atoms with van der Waals surface area (Å²) in [7, 11) is 0. The Labute approximate surface area is 255 Å². The van der Waals surface area contributed by atoms with Crippen molar-refractivity contribution in [1.29, 1.82) is 0 Å². The van der Waals surface area contributed by atoms with Gasteiger partial charge in [0.2, 0.25) is 17.6 Å². The van der Waals surface area contributed by atoms with Gasteiger partial charge >= 0.3 is 12.1 Å². The Morgan fingerprint density at radius 2 is 1.41 bits per heavy atom. The first-order valence-corrected chi connectivity index (χ1v) is 15.1. The molecular weight excluding hydrogens is 615 g/mol. The highest BCUT2D eigenvalue weighted by atomic mass is 32.2. The van der Waals surface area contributed by atoms with Gasteiger partial charge in [-0.05, 0) is 36.1 Å². The molecule has 2 fully saturated rings. The Balaban J connectivity index is 1.71. The monoisotopic (exact) mass is 650 g/mol. The van der Waals surface area contributed by atoms with Gasteiger partial charge in [-0.25, -0.2) is 0 Å². The highest BCUT2D eigenvalue weighted by Crippen LogP contribution is 2.37. The number of morpholine rings is 1. The number of Topliss-reactive ketones (excluding diaryl/α,β-unsaturated/α-hetero) is 1. The molecule has 2 aliphatic heterocycles. The van der Waals surface area contributed by atoms with Crippen LogP contribution in [0.3, 0.4) is 0 Å². The van der Waals surface area contributed by atoms with Gasteiger partial charge in [0.1, 0.15) is 12.1 Å². The lowest BCUT2D eigenvalue weighted by atomic mass is 9.95. The molecule has 0 spiro atoms. The van der Waals surface area contributed by atoms with Gasteiger partial charge in [0, 0.05) is 30.0 Å². The van der Waals surface area contributed by atoms with Crippen LogP contribution in [0, 0.1) is 11.8 Å². The molecule has 2 N–H and O–H groups in total. The van der Waals surface area contributed by atoms with E-state index in [9.17, 15) is 45.9 Å². The second-order valence-electron chi connectivity index (χ2n) is 11.2. The van der Waals surface area contributed by atoms with E-state index in [0.29, 0.717) is 31.9 Å². The van der Waals surface area contributed by atoms with Gasteiger partial charge in [-0.2, -0.15) is 22.0 Å². The fraction of sp³-hybridized carbons (Fsp3) is 0.607. The molecule has 1 unspecified atom stereocenters. The van der Waals surface area contributed by atoms with Gasteiger partial charge in [0.25, 0.3) is 11.8 Å². The SMILES string of the molecule is CC(C)C(NC(=O)[C@@H]1CSCN1C(=O)[C@@H](NC(=O)c1ccc(C(=O)N2CCOCC2)cc1)C(C)C)C(=O)C(F)(F)C(F)(F)F. The quantitative estimate of drug-likeness (QED) is 0.373. The summed E-state index contributed by atoms with van der Waals surface area (Å²) in [5.41, 5.74) is 0.532. The number of rotatable bonds is 10. The lowest BCUT2D eigenvalue weighted by Crippen LogP contribution is -2.60. The number of nitrogens with zero attached hydrogens (tertiary/aromatic N) is 2. The molecule has 0 aromatic heterocycles. The van der Waals surface area contributed by atoms with Gasteiger partial charge in [0.05, 0.1) is 25.1 Å². The first kappa shape index (κ1) is 35.2. The van der Waals surface area contributed by atoms with Crippen LogP contribution in [-0.4, -0.2) is 107 Å². The molecule has 0 saturated carbocycles. The molecule has 3 rings (SSSR count). The zero-order valence-corrected chi connectivity index (χ0v) is 25.4. The molecule has 0 aliphatic carbocycles. The normalized spacial score (nSPS) is 19.1. The molecule has 0 radical (unpaired) electrons. The number of carbonyl (C=O) groups excluding carboxylic acids is 5. The standard InChI is InChI=1S/C28H35F5N4O6S/c1-15(2)20(22(38)27(29,30)28(31,32)33)34-24(40)19-13-44-14-37(19)26(42)21(16(3)4)35-23(39)17-5-7-18(8-6-17)25(41)36-9-11-43-12-10-36/h5-8,15-16,19-21H,9-14H2,1-4H3,(H,34,40)(H,35,39)/t19-,20?,21-/m0/s1. The number of carbonyl (C=O) groups is 5. The number of amides is 4. The van der Waals surface area contributed by atoms with Crippen LogP contribution in [0.25, 0.3) is 0 Å². The molecule has 44 heavy (non-hydrogen) atoms. The number of ketones is 1. The van der Waals surface area contributed by atoms with E-state index in [1.807, 2.05) is 5.32 Å². The second-order valence-corrected chi connectivity index (χ2v) is 12.2. The summed E-state index contributed by atoms with van der Waals surface area (Å²) in [4.78, 5) is 67.3. The summed E-state index contributed by atoms with van der Waals surface area (Å²) in [6.45, 7) is 7.46. The zero-order chi connectivity index (χ0) is 33.0. The predicted molar refractivity (Wildman–Crippen MR) is 150 cm³/mol. The van der Waals surface area contributed by atoms with E-state index in [0.717, 1.165) is 16.7 Å². The number of ether oxygens (including phenoxy) is 1. The van der Waals surface area contributed by atoms with Gasteiger partial charge < -0.3 is 25.2 Å². The third-order valence-electron chi connectivity index (χ3n) is 7.29. The molecule has 2 saturated heterocycles. The Bertz CT molecular complexity index is 1240. The van der Waals surface area contributed by atoms with E-state index in [1.54, 1.807) is 18.7 Å². The van der Waals surface area contributed by atoms with Crippen LogP contribution < -0.4 is 10.6 Å². The highest BCUT2D eigenvalue weighted by molar-refractivity contribution is 7.99. The van der Waals surface area contributed by atoms with E-state index >= 15 is 0 Å². The third kappa shape index (κ3) is 7.86. The van der Waals surface area contributed by atoms with E-state index < -0.39 is 65.6 Å². The van der Waals surface area contributed by atoms with Crippen molar-refractivity contribution in [2.75, 3.05) is 37.9 Å². The Kier molecular flexibility index (Phi) is 11.4. The number of benzene rings is 1. The van der Waals surface area contributed by atoms with E-state index in [4.69, 9.17) is 4.74 Å². The molecule has 10 nitrogen and oxygen atoms in total. The van der Waals surface area contributed by atoms with E-state index in [2.05, 4.69) is 5.32 Å². The molecule has 2 heterocycles. The summed E-state index contributed by atoms with van der Waals surface area (Å²) < 4.78 is 71.4. The lowest BCUT2D eigenvalue weighted by molar-refractivity contribution is -0.270. The van der Waals surface area contributed by atoms with Crippen LogP contribution in [0.15, 0.2) is 24.3 Å². The van der Waals surface area contributed by atoms with Crippen molar-refractivity contribution in [2.24, 2.45) is 11.8 Å². The minimum atomic E-state index is -6.14. The van der Waals surface area contributed by atoms with Crippen molar-refractivity contribution < 1.29 is 50.7 Å². The molecule has 244 valence electrons. The highest BCUT2D eigenvalue weighted by Gasteiger charge is 2.65. The van der Waals surface area contributed by atoms with Crippen LogP contribution in [0.5, 0.6) is 0 Å². The summed E-state index contributed by atoms with van der Waals surface area (Å²) in [6.07, 6.45) is -6.14. The van der Waals surface area contributed by atoms with E-state index in [-0.39, 0.29) is 23.1 Å². The molecule has 4 amide bonds.